The number of aliphatic carboxylic acids is 1. The predicted molar refractivity (Wildman–Crippen MR) is 117 cm³/mol. The summed E-state index contributed by atoms with van der Waals surface area (Å²) in [6.07, 6.45) is -1.55. The molecule has 0 spiro atoms. The van der Waals surface area contributed by atoms with Gasteiger partial charge >= 0.3 is 5.97 Å². The quantitative estimate of drug-likeness (QED) is 0.169. The predicted octanol–water partition coefficient (Wildman–Crippen LogP) is -2.24. The number of primary amides is 1. The van der Waals surface area contributed by atoms with E-state index in [9.17, 15) is 34.2 Å². The molecule has 4 amide bonds. The van der Waals surface area contributed by atoms with Gasteiger partial charge in [-0.05, 0) is 25.8 Å². The van der Waals surface area contributed by atoms with Gasteiger partial charge in [-0.1, -0.05) is 30.3 Å². The van der Waals surface area contributed by atoms with E-state index in [0.717, 1.165) is 0 Å². The first-order valence-corrected chi connectivity index (χ1v) is 10.3. The van der Waals surface area contributed by atoms with Crippen molar-refractivity contribution < 1.29 is 34.2 Å². The summed E-state index contributed by atoms with van der Waals surface area (Å²) >= 11 is 0. The summed E-state index contributed by atoms with van der Waals surface area (Å²) in [5.74, 6) is -4.35. The number of aliphatic hydroxyl groups is 1. The van der Waals surface area contributed by atoms with Crippen molar-refractivity contribution in [2.45, 2.75) is 63.4 Å². The van der Waals surface area contributed by atoms with Crippen molar-refractivity contribution in [1.29, 1.82) is 0 Å². The van der Waals surface area contributed by atoms with Gasteiger partial charge in [0.05, 0.1) is 6.10 Å². The Bertz CT molecular complexity index is 847. The first kappa shape index (κ1) is 27.5. The third-order valence-electron chi connectivity index (χ3n) is 4.78. The lowest BCUT2D eigenvalue weighted by molar-refractivity contribution is -0.142. The van der Waals surface area contributed by atoms with Crippen LogP contribution in [0.2, 0.25) is 0 Å². The molecule has 0 fully saturated rings. The van der Waals surface area contributed by atoms with Crippen LogP contribution in [0.4, 0.5) is 0 Å². The summed E-state index contributed by atoms with van der Waals surface area (Å²) in [4.78, 5) is 59.9. The van der Waals surface area contributed by atoms with Gasteiger partial charge in [0, 0.05) is 12.8 Å². The minimum Gasteiger partial charge on any atom is -0.480 e. The van der Waals surface area contributed by atoms with Crippen molar-refractivity contribution in [3.63, 3.8) is 0 Å². The highest BCUT2D eigenvalue weighted by atomic mass is 16.4. The highest BCUT2D eigenvalue weighted by molar-refractivity contribution is 5.94. The monoisotopic (exact) mass is 465 g/mol. The molecule has 9 N–H and O–H groups in total. The molecule has 0 aliphatic heterocycles. The normalized spacial score (nSPS) is 15.3. The fraction of sp³-hybridized carbons (Fsp3) is 0.476. The molecule has 0 saturated carbocycles. The molecule has 0 aliphatic carbocycles. The van der Waals surface area contributed by atoms with Gasteiger partial charge in [0.15, 0.2) is 0 Å². The number of benzene rings is 1. The Balaban J connectivity index is 2.81. The largest absolute Gasteiger partial charge is 0.480 e. The molecule has 12 nitrogen and oxygen atoms in total. The van der Waals surface area contributed by atoms with Crippen LogP contribution in [-0.2, 0) is 30.4 Å². The molecule has 0 aliphatic rings. The number of carboxylic acid groups (broad SMARTS) is 1. The number of rotatable bonds is 13. The number of carboxylic acids is 1. The number of aliphatic hydroxyl groups excluding tert-OH is 1. The average Bonchev–Trinajstić information content (AvgIpc) is 2.75. The fourth-order valence-corrected chi connectivity index (χ4v) is 2.77. The van der Waals surface area contributed by atoms with Crippen molar-refractivity contribution in [2.24, 2.45) is 11.5 Å². The molecular formula is C21H31N5O7. The lowest BCUT2D eigenvalue weighted by Gasteiger charge is -2.24. The molecule has 5 unspecified atom stereocenters. The second-order valence-corrected chi connectivity index (χ2v) is 7.65. The summed E-state index contributed by atoms with van der Waals surface area (Å²) < 4.78 is 0. The molecule has 33 heavy (non-hydrogen) atoms. The van der Waals surface area contributed by atoms with Gasteiger partial charge < -0.3 is 37.6 Å². The molecule has 0 aromatic heterocycles. The molecule has 0 heterocycles. The lowest BCUT2D eigenvalue weighted by atomic mass is 10.1. The van der Waals surface area contributed by atoms with E-state index < -0.39 is 59.9 Å². The van der Waals surface area contributed by atoms with Gasteiger partial charge in [-0.2, -0.15) is 0 Å². The second-order valence-electron chi connectivity index (χ2n) is 7.65. The molecule has 1 rings (SSSR count). The van der Waals surface area contributed by atoms with E-state index in [2.05, 4.69) is 16.0 Å². The summed E-state index contributed by atoms with van der Waals surface area (Å²) in [5.41, 5.74) is 11.4. The van der Waals surface area contributed by atoms with Crippen LogP contribution in [0.15, 0.2) is 30.3 Å². The number of carbonyl (C=O) groups excluding carboxylic acids is 4. The summed E-state index contributed by atoms with van der Waals surface area (Å²) in [7, 11) is 0. The molecule has 12 heteroatoms. The molecule has 0 radical (unpaired) electrons. The van der Waals surface area contributed by atoms with E-state index in [4.69, 9.17) is 11.5 Å². The lowest BCUT2D eigenvalue weighted by Crippen LogP contribution is -2.57. The molecular weight excluding hydrogens is 434 g/mol. The van der Waals surface area contributed by atoms with Crippen molar-refractivity contribution in [1.82, 2.24) is 16.0 Å². The van der Waals surface area contributed by atoms with E-state index in [1.54, 1.807) is 30.3 Å². The van der Waals surface area contributed by atoms with E-state index in [1.807, 2.05) is 0 Å². The van der Waals surface area contributed by atoms with Crippen LogP contribution < -0.4 is 27.4 Å². The van der Waals surface area contributed by atoms with Crippen LogP contribution in [0.25, 0.3) is 0 Å². The van der Waals surface area contributed by atoms with Gasteiger partial charge in [-0.15, -0.1) is 0 Å². The van der Waals surface area contributed by atoms with Gasteiger partial charge in [0.2, 0.25) is 23.6 Å². The van der Waals surface area contributed by atoms with E-state index in [0.29, 0.717) is 5.56 Å². The summed E-state index contributed by atoms with van der Waals surface area (Å²) in [5, 5.41) is 25.9. The van der Waals surface area contributed by atoms with Crippen LogP contribution in [0.1, 0.15) is 32.3 Å². The molecule has 1 aromatic carbocycles. The van der Waals surface area contributed by atoms with Crippen LogP contribution in [-0.4, -0.2) is 70.1 Å². The molecule has 0 saturated heterocycles. The number of nitrogens with two attached hydrogens (primary N) is 2. The Morgan fingerprint density at radius 3 is 2.00 bits per heavy atom. The molecule has 0 bridgehead atoms. The highest BCUT2D eigenvalue weighted by Gasteiger charge is 2.29. The second kappa shape index (κ2) is 13.1. The Morgan fingerprint density at radius 2 is 1.48 bits per heavy atom. The van der Waals surface area contributed by atoms with Crippen LogP contribution in [0.5, 0.6) is 0 Å². The maximum absolute atomic E-state index is 12.6. The van der Waals surface area contributed by atoms with Crippen LogP contribution >= 0.6 is 0 Å². The zero-order valence-electron chi connectivity index (χ0n) is 18.5. The number of hydrogen-bond donors (Lipinski definition) is 7. The Hall–Kier alpha value is -3.51. The van der Waals surface area contributed by atoms with Crippen molar-refractivity contribution in [2.75, 3.05) is 0 Å². The maximum atomic E-state index is 12.6. The van der Waals surface area contributed by atoms with Crippen LogP contribution in [0, 0.1) is 0 Å². The molecule has 5 atom stereocenters. The third kappa shape index (κ3) is 9.66. The van der Waals surface area contributed by atoms with Gasteiger partial charge in [-0.25, -0.2) is 4.79 Å². The fourth-order valence-electron chi connectivity index (χ4n) is 2.77. The number of nitrogens with one attached hydrogen (secondary N) is 3. The van der Waals surface area contributed by atoms with E-state index >= 15 is 0 Å². The van der Waals surface area contributed by atoms with Gasteiger partial charge in [0.25, 0.3) is 0 Å². The SMILES string of the molecule is CC(NC(=O)C(CCC(N)=O)NC(=O)C(N)C(C)O)C(=O)NC(Cc1ccccc1)C(=O)O. The Labute approximate surface area is 191 Å². The highest BCUT2D eigenvalue weighted by Crippen LogP contribution is 2.05. The Morgan fingerprint density at radius 1 is 0.909 bits per heavy atom. The standard InChI is InChI=1S/C21H31N5O7/c1-11(18(29)26-15(21(32)33)10-13-6-4-3-5-7-13)24-19(30)14(8-9-16(22)28)25-20(31)17(23)12(2)27/h3-7,11-12,14-15,17,27H,8-10,23H2,1-2H3,(H2,22,28)(H,24,30)(H,25,31)(H,26,29)(H,32,33). The number of carbonyl (C=O) groups is 5. The molecule has 1 aromatic rings. The van der Waals surface area contributed by atoms with Gasteiger partial charge in [0.1, 0.15) is 24.2 Å². The zero-order valence-corrected chi connectivity index (χ0v) is 18.5. The molecule has 182 valence electrons. The number of hydrogen-bond acceptors (Lipinski definition) is 7. The average molecular weight is 466 g/mol. The van der Waals surface area contributed by atoms with Gasteiger partial charge in [-0.3, -0.25) is 19.2 Å². The van der Waals surface area contributed by atoms with Crippen molar-refractivity contribution in [3.05, 3.63) is 35.9 Å². The van der Waals surface area contributed by atoms with E-state index in [1.165, 1.54) is 13.8 Å². The minimum absolute atomic E-state index is 0.0388. The van der Waals surface area contributed by atoms with Crippen molar-refractivity contribution >= 4 is 29.6 Å². The van der Waals surface area contributed by atoms with Crippen molar-refractivity contribution in [3.8, 4) is 0 Å². The van der Waals surface area contributed by atoms with Crippen LogP contribution in [0.3, 0.4) is 0 Å². The Kier molecular flexibility index (Phi) is 11.0. The topological polar surface area (TPSA) is 214 Å². The number of amides is 4. The first-order chi connectivity index (χ1) is 15.4. The minimum atomic E-state index is -1.32. The van der Waals surface area contributed by atoms with E-state index in [-0.39, 0.29) is 19.3 Å². The smallest absolute Gasteiger partial charge is 0.326 e. The first-order valence-electron chi connectivity index (χ1n) is 10.3. The summed E-state index contributed by atoms with van der Waals surface area (Å²) in [6.45, 7) is 2.63. The maximum Gasteiger partial charge on any atom is 0.326 e. The third-order valence-corrected chi connectivity index (χ3v) is 4.78. The zero-order chi connectivity index (χ0) is 25.1. The summed E-state index contributed by atoms with van der Waals surface area (Å²) in [6, 6.07) is 3.73.